The normalized spacial score (nSPS) is 25.1. The first-order valence-electron chi connectivity index (χ1n) is 8.96. The van der Waals surface area contributed by atoms with E-state index in [2.05, 4.69) is 20.2 Å². The lowest BCUT2D eigenvalue weighted by molar-refractivity contribution is -0.0459. The highest BCUT2D eigenvalue weighted by molar-refractivity contribution is 5.74. The molecule has 3 aliphatic rings. The number of carbonyl (C=O) groups is 1. The Morgan fingerprint density at radius 2 is 2.04 bits per heavy atom. The molecule has 1 N–H and O–H groups in total. The van der Waals surface area contributed by atoms with Crippen molar-refractivity contribution in [3.8, 4) is 0 Å². The molecule has 0 aliphatic carbocycles. The Kier molecular flexibility index (Phi) is 4.26. The molecule has 130 valence electrons. The first kappa shape index (κ1) is 15.6. The summed E-state index contributed by atoms with van der Waals surface area (Å²) in [5, 5.41) is 3.07. The maximum Gasteiger partial charge on any atom is 0.317 e. The molecule has 1 spiro atoms. The van der Waals surface area contributed by atoms with Crippen LogP contribution in [0.5, 0.6) is 0 Å². The number of aromatic nitrogens is 2. The van der Waals surface area contributed by atoms with Crippen molar-refractivity contribution in [1.82, 2.24) is 20.2 Å². The van der Waals surface area contributed by atoms with E-state index in [4.69, 9.17) is 4.74 Å². The van der Waals surface area contributed by atoms with E-state index in [-0.39, 0.29) is 11.6 Å². The average Bonchev–Trinajstić information content (AvgIpc) is 3.24. The Morgan fingerprint density at radius 3 is 2.79 bits per heavy atom. The van der Waals surface area contributed by atoms with Gasteiger partial charge < -0.3 is 19.9 Å². The molecule has 4 rings (SSSR count). The minimum absolute atomic E-state index is 0.0719. The zero-order valence-corrected chi connectivity index (χ0v) is 14.0. The van der Waals surface area contributed by atoms with Crippen molar-refractivity contribution in [2.45, 2.75) is 31.3 Å². The SMILES string of the molecule is O=C(NCC[C@H]1CCOC12CN(c1ncccn1)C2)N1CCCC1. The maximum atomic E-state index is 12.1. The minimum atomic E-state index is -0.0719. The van der Waals surface area contributed by atoms with Crippen LogP contribution in [0.3, 0.4) is 0 Å². The highest BCUT2D eigenvalue weighted by Gasteiger charge is 2.53. The largest absolute Gasteiger partial charge is 0.371 e. The van der Waals surface area contributed by atoms with Crippen molar-refractivity contribution in [2.24, 2.45) is 5.92 Å². The molecule has 0 radical (unpaired) electrons. The molecule has 3 aliphatic heterocycles. The molecule has 7 nitrogen and oxygen atoms in total. The average molecular weight is 331 g/mol. The van der Waals surface area contributed by atoms with Crippen LogP contribution in [0, 0.1) is 5.92 Å². The number of nitrogens with zero attached hydrogens (tertiary/aromatic N) is 4. The van der Waals surface area contributed by atoms with Gasteiger partial charge in [0, 0.05) is 38.6 Å². The van der Waals surface area contributed by atoms with Crippen molar-refractivity contribution in [1.29, 1.82) is 0 Å². The van der Waals surface area contributed by atoms with Crippen LogP contribution in [0.1, 0.15) is 25.7 Å². The third-order valence-corrected chi connectivity index (χ3v) is 5.51. The number of urea groups is 1. The predicted octanol–water partition coefficient (Wildman–Crippen LogP) is 1.27. The summed E-state index contributed by atoms with van der Waals surface area (Å²) >= 11 is 0. The maximum absolute atomic E-state index is 12.1. The molecule has 0 saturated carbocycles. The van der Waals surface area contributed by atoms with Crippen molar-refractivity contribution in [3.05, 3.63) is 18.5 Å². The third-order valence-electron chi connectivity index (χ3n) is 5.51. The molecule has 2 amide bonds. The van der Waals surface area contributed by atoms with Gasteiger partial charge in [0.15, 0.2) is 0 Å². The molecule has 1 atom stereocenters. The lowest BCUT2D eigenvalue weighted by Gasteiger charge is -2.50. The molecular formula is C17H25N5O2. The summed E-state index contributed by atoms with van der Waals surface area (Å²) in [4.78, 5) is 24.8. The number of hydrogen-bond acceptors (Lipinski definition) is 5. The van der Waals surface area contributed by atoms with Crippen LogP contribution in [-0.2, 0) is 4.74 Å². The van der Waals surface area contributed by atoms with Crippen LogP contribution >= 0.6 is 0 Å². The predicted molar refractivity (Wildman–Crippen MR) is 89.9 cm³/mol. The molecule has 0 unspecified atom stereocenters. The van der Waals surface area contributed by atoms with Gasteiger partial charge in [-0.3, -0.25) is 0 Å². The summed E-state index contributed by atoms with van der Waals surface area (Å²) in [5.74, 6) is 1.27. The smallest absolute Gasteiger partial charge is 0.317 e. The number of ether oxygens (including phenoxy) is 1. The fourth-order valence-corrected chi connectivity index (χ4v) is 4.12. The fourth-order valence-electron chi connectivity index (χ4n) is 4.12. The first-order valence-corrected chi connectivity index (χ1v) is 8.96. The van der Waals surface area contributed by atoms with Gasteiger partial charge >= 0.3 is 6.03 Å². The van der Waals surface area contributed by atoms with Crippen LogP contribution in [0.2, 0.25) is 0 Å². The van der Waals surface area contributed by atoms with Gasteiger partial charge in [0.1, 0.15) is 5.60 Å². The van der Waals surface area contributed by atoms with E-state index >= 15 is 0 Å². The summed E-state index contributed by atoms with van der Waals surface area (Å²) in [6, 6.07) is 1.92. The van der Waals surface area contributed by atoms with Gasteiger partial charge in [-0.1, -0.05) is 0 Å². The molecule has 4 heterocycles. The van der Waals surface area contributed by atoms with Crippen molar-refractivity contribution < 1.29 is 9.53 Å². The van der Waals surface area contributed by atoms with E-state index in [1.165, 1.54) is 0 Å². The van der Waals surface area contributed by atoms with Crippen molar-refractivity contribution >= 4 is 12.0 Å². The molecule has 1 aromatic heterocycles. The van der Waals surface area contributed by atoms with E-state index in [0.29, 0.717) is 5.92 Å². The molecule has 0 aromatic carbocycles. The van der Waals surface area contributed by atoms with Crippen LogP contribution < -0.4 is 10.2 Å². The molecular weight excluding hydrogens is 306 g/mol. The summed E-state index contributed by atoms with van der Waals surface area (Å²) < 4.78 is 6.08. The Bertz CT molecular complexity index is 570. The summed E-state index contributed by atoms with van der Waals surface area (Å²) in [6.45, 7) is 5.04. The van der Waals surface area contributed by atoms with E-state index in [0.717, 1.165) is 71.0 Å². The van der Waals surface area contributed by atoms with E-state index in [1.54, 1.807) is 12.4 Å². The highest BCUT2D eigenvalue weighted by atomic mass is 16.5. The van der Waals surface area contributed by atoms with Gasteiger partial charge in [0.2, 0.25) is 5.95 Å². The minimum Gasteiger partial charge on any atom is -0.371 e. The quantitative estimate of drug-likeness (QED) is 0.900. The van der Waals surface area contributed by atoms with E-state index in [1.807, 2.05) is 11.0 Å². The Morgan fingerprint density at radius 1 is 1.29 bits per heavy atom. The number of likely N-dealkylation sites (tertiary alicyclic amines) is 1. The second-order valence-electron chi connectivity index (χ2n) is 7.02. The number of amides is 2. The van der Waals surface area contributed by atoms with Gasteiger partial charge in [0.05, 0.1) is 13.1 Å². The topological polar surface area (TPSA) is 70.6 Å². The summed E-state index contributed by atoms with van der Waals surface area (Å²) in [5.41, 5.74) is -0.0719. The van der Waals surface area contributed by atoms with Gasteiger partial charge in [0.25, 0.3) is 0 Å². The second kappa shape index (κ2) is 6.55. The molecule has 0 bridgehead atoms. The Hall–Kier alpha value is -1.89. The van der Waals surface area contributed by atoms with E-state index in [9.17, 15) is 4.79 Å². The van der Waals surface area contributed by atoms with Gasteiger partial charge in [-0.15, -0.1) is 0 Å². The molecule has 1 aromatic rings. The molecule has 3 saturated heterocycles. The Balaban J connectivity index is 1.26. The molecule has 3 fully saturated rings. The zero-order valence-electron chi connectivity index (χ0n) is 14.0. The fraction of sp³-hybridized carbons (Fsp3) is 0.706. The van der Waals surface area contributed by atoms with Crippen LogP contribution in [0.25, 0.3) is 0 Å². The lowest BCUT2D eigenvalue weighted by Crippen LogP contribution is -2.65. The third kappa shape index (κ3) is 2.92. The number of rotatable bonds is 4. The number of hydrogen-bond donors (Lipinski definition) is 1. The highest BCUT2D eigenvalue weighted by Crippen LogP contribution is 2.42. The van der Waals surface area contributed by atoms with Gasteiger partial charge in [-0.05, 0) is 37.7 Å². The standard InChI is InChI=1S/C17H25N5O2/c23-16(21-9-1-2-10-21)20-8-4-14-5-11-24-17(14)12-22(13-17)15-18-6-3-7-19-15/h3,6-7,14H,1-2,4-5,8-13H2,(H,20,23)/t14-/m0/s1. The Labute approximate surface area is 142 Å². The van der Waals surface area contributed by atoms with Gasteiger partial charge in [-0.2, -0.15) is 0 Å². The molecule has 7 heteroatoms. The summed E-state index contributed by atoms with van der Waals surface area (Å²) in [6.07, 6.45) is 7.85. The van der Waals surface area contributed by atoms with Crippen molar-refractivity contribution in [2.75, 3.05) is 44.2 Å². The van der Waals surface area contributed by atoms with E-state index < -0.39 is 0 Å². The zero-order chi connectivity index (χ0) is 16.4. The van der Waals surface area contributed by atoms with Crippen molar-refractivity contribution in [3.63, 3.8) is 0 Å². The van der Waals surface area contributed by atoms with Crippen LogP contribution in [0.4, 0.5) is 10.7 Å². The first-order chi connectivity index (χ1) is 11.8. The van der Waals surface area contributed by atoms with Crippen LogP contribution in [0.15, 0.2) is 18.5 Å². The summed E-state index contributed by atoms with van der Waals surface area (Å²) in [7, 11) is 0. The van der Waals surface area contributed by atoms with Crippen LogP contribution in [-0.4, -0.2) is 65.8 Å². The lowest BCUT2D eigenvalue weighted by atomic mass is 9.79. The van der Waals surface area contributed by atoms with Gasteiger partial charge in [-0.25, -0.2) is 14.8 Å². The second-order valence-corrected chi connectivity index (χ2v) is 7.02. The number of carbonyl (C=O) groups excluding carboxylic acids is 1. The number of anilines is 1. The monoisotopic (exact) mass is 331 g/mol. The number of nitrogens with one attached hydrogen (secondary N) is 1. The molecule has 24 heavy (non-hydrogen) atoms.